The molecule has 0 fully saturated rings. The molecule has 2 aromatic rings. The fourth-order valence-electron chi connectivity index (χ4n) is 2.12. The normalized spacial score (nSPS) is 16.1. The third-order valence-corrected chi connectivity index (χ3v) is 3.56. The van der Waals surface area contributed by atoms with Crippen LogP contribution in [0.25, 0.3) is 0 Å². The Labute approximate surface area is 136 Å². The summed E-state index contributed by atoms with van der Waals surface area (Å²) in [6, 6.07) is 6.01. The van der Waals surface area contributed by atoms with Gasteiger partial charge in [-0.15, -0.1) is 0 Å². The average Bonchev–Trinajstić information content (AvgIpc) is 2.54. The van der Waals surface area contributed by atoms with Crippen LogP contribution in [0.3, 0.4) is 0 Å². The van der Waals surface area contributed by atoms with Crippen molar-refractivity contribution in [3.8, 4) is 5.75 Å². The van der Waals surface area contributed by atoms with Crippen molar-refractivity contribution < 1.29 is 19.7 Å². The minimum Gasteiger partial charge on any atom is -0.486 e. The average molecular weight is 334 g/mol. The summed E-state index contributed by atoms with van der Waals surface area (Å²) in [4.78, 5) is 19.3. The molecule has 118 valence electrons. The smallest absolute Gasteiger partial charge is 0.337 e. The summed E-state index contributed by atoms with van der Waals surface area (Å²) >= 11 is 5.80. The molecule has 0 saturated heterocycles. The van der Waals surface area contributed by atoms with Gasteiger partial charge in [0.2, 0.25) is 0 Å². The van der Waals surface area contributed by atoms with Gasteiger partial charge >= 0.3 is 5.97 Å². The predicted molar refractivity (Wildman–Crippen MR) is 83.3 cm³/mol. The number of fused-ring (bicyclic) bond motifs is 1. The quantitative estimate of drug-likeness (QED) is 0.792. The van der Waals surface area contributed by atoms with E-state index in [0.29, 0.717) is 22.8 Å². The standard InChI is InChI=1S/C15H12ClN3O4/c16-11-2-1-8(5-10(11)15(21)22)23-7-13-18-12-6-17-4-3-9(12)14(20)19-13/h1-6,14,20H,7H2,(H,18,19)(H,21,22). The van der Waals surface area contributed by atoms with E-state index in [1.807, 2.05) is 0 Å². The highest BCUT2D eigenvalue weighted by atomic mass is 35.5. The molecule has 1 aliphatic heterocycles. The third-order valence-electron chi connectivity index (χ3n) is 3.23. The fraction of sp³-hybridized carbons (Fsp3) is 0.133. The second kappa shape index (κ2) is 6.23. The molecule has 0 saturated carbocycles. The van der Waals surface area contributed by atoms with Crippen molar-refractivity contribution in [3.63, 3.8) is 0 Å². The van der Waals surface area contributed by atoms with Crippen molar-refractivity contribution in [1.82, 2.24) is 10.3 Å². The molecule has 0 spiro atoms. The molecule has 1 aliphatic rings. The zero-order valence-electron chi connectivity index (χ0n) is 11.7. The van der Waals surface area contributed by atoms with Crippen molar-refractivity contribution in [1.29, 1.82) is 0 Å². The van der Waals surface area contributed by atoms with Gasteiger partial charge in [0.15, 0.2) is 6.23 Å². The van der Waals surface area contributed by atoms with Gasteiger partial charge < -0.3 is 20.3 Å². The van der Waals surface area contributed by atoms with Gasteiger partial charge in [-0.05, 0) is 24.3 Å². The number of aromatic carboxylic acids is 1. The van der Waals surface area contributed by atoms with Crippen molar-refractivity contribution in [3.05, 3.63) is 52.8 Å². The summed E-state index contributed by atoms with van der Waals surface area (Å²) in [6.07, 6.45) is 2.22. The minimum absolute atomic E-state index is 0.0338. The van der Waals surface area contributed by atoms with Crippen molar-refractivity contribution >= 4 is 29.1 Å². The Morgan fingerprint density at radius 3 is 3.00 bits per heavy atom. The summed E-state index contributed by atoms with van der Waals surface area (Å²) in [5.41, 5.74) is 1.14. The lowest BCUT2D eigenvalue weighted by Gasteiger charge is -2.22. The molecular formula is C15H12ClN3O4. The van der Waals surface area contributed by atoms with Gasteiger partial charge in [0, 0.05) is 11.8 Å². The van der Waals surface area contributed by atoms with Gasteiger partial charge in [0.05, 0.1) is 22.5 Å². The molecule has 3 N–H and O–H groups in total. The number of halogens is 1. The first-order valence-corrected chi connectivity index (χ1v) is 7.04. The number of rotatable bonds is 4. The molecule has 0 bridgehead atoms. The van der Waals surface area contributed by atoms with Crippen LogP contribution in [0.2, 0.25) is 5.02 Å². The minimum atomic E-state index is -1.14. The first-order valence-electron chi connectivity index (χ1n) is 6.66. The number of pyridine rings is 1. The number of carboxylic acid groups (broad SMARTS) is 1. The second-order valence-electron chi connectivity index (χ2n) is 4.78. The molecule has 0 aliphatic carbocycles. The summed E-state index contributed by atoms with van der Waals surface area (Å²) in [5.74, 6) is -0.392. The summed E-state index contributed by atoms with van der Waals surface area (Å²) < 4.78 is 5.51. The highest BCUT2D eigenvalue weighted by molar-refractivity contribution is 6.33. The number of amidine groups is 1. The van der Waals surface area contributed by atoms with Crippen LogP contribution in [-0.2, 0) is 0 Å². The first kappa shape index (κ1) is 15.3. The zero-order valence-corrected chi connectivity index (χ0v) is 12.5. The number of hydrogen-bond acceptors (Lipinski definition) is 6. The van der Waals surface area contributed by atoms with E-state index in [1.54, 1.807) is 24.5 Å². The van der Waals surface area contributed by atoms with Gasteiger partial charge in [-0.2, -0.15) is 0 Å². The number of nitrogens with one attached hydrogen (secondary N) is 1. The first-order chi connectivity index (χ1) is 11.0. The SMILES string of the molecule is O=C(O)c1cc(OCC2=Nc3cnccc3C(O)N2)ccc1Cl. The molecule has 1 unspecified atom stereocenters. The summed E-state index contributed by atoms with van der Waals surface area (Å²) in [6.45, 7) is 0.0338. The summed E-state index contributed by atoms with van der Waals surface area (Å²) in [7, 11) is 0. The molecule has 0 radical (unpaired) electrons. The largest absolute Gasteiger partial charge is 0.486 e. The maximum atomic E-state index is 11.0. The maximum Gasteiger partial charge on any atom is 0.337 e. The number of carboxylic acids is 1. The van der Waals surface area contributed by atoms with E-state index in [9.17, 15) is 9.90 Å². The van der Waals surface area contributed by atoms with Crippen molar-refractivity contribution in [2.24, 2.45) is 4.99 Å². The number of carbonyl (C=O) groups is 1. The Bertz CT molecular complexity index is 794. The van der Waals surface area contributed by atoms with E-state index in [4.69, 9.17) is 21.4 Å². The Hall–Kier alpha value is -2.64. The number of aliphatic hydroxyl groups excluding tert-OH is 1. The Morgan fingerprint density at radius 2 is 2.22 bits per heavy atom. The molecule has 23 heavy (non-hydrogen) atoms. The van der Waals surface area contributed by atoms with E-state index in [1.165, 1.54) is 12.1 Å². The van der Waals surface area contributed by atoms with Gasteiger partial charge in [-0.25, -0.2) is 9.79 Å². The van der Waals surface area contributed by atoms with Crippen molar-refractivity contribution in [2.75, 3.05) is 6.61 Å². The summed E-state index contributed by atoms with van der Waals surface area (Å²) in [5, 5.41) is 22.0. The van der Waals surface area contributed by atoms with E-state index in [2.05, 4.69) is 15.3 Å². The van der Waals surface area contributed by atoms with Crippen LogP contribution in [0.4, 0.5) is 5.69 Å². The van der Waals surface area contributed by atoms with E-state index in [0.717, 1.165) is 0 Å². The maximum absolute atomic E-state index is 11.0. The van der Waals surface area contributed by atoms with Gasteiger partial charge in [0.25, 0.3) is 0 Å². The Balaban J connectivity index is 1.76. The van der Waals surface area contributed by atoms with Gasteiger partial charge in [-0.3, -0.25) is 4.98 Å². The van der Waals surface area contributed by atoms with Crippen molar-refractivity contribution in [2.45, 2.75) is 6.23 Å². The van der Waals surface area contributed by atoms with Crippen LogP contribution in [-0.4, -0.2) is 33.6 Å². The van der Waals surface area contributed by atoms with E-state index >= 15 is 0 Å². The topological polar surface area (TPSA) is 104 Å². The van der Waals surface area contributed by atoms with Crippen LogP contribution in [0.15, 0.2) is 41.7 Å². The van der Waals surface area contributed by atoms with Crippen LogP contribution >= 0.6 is 11.6 Å². The predicted octanol–water partition coefficient (Wildman–Crippen LogP) is 2.14. The van der Waals surface area contributed by atoms with Crippen LogP contribution in [0.1, 0.15) is 22.1 Å². The highest BCUT2D eigenvalue weighted by Crippen LogP contribution is 2.27. The molecule has 7 nitrogen and oxygen atoms in total. The Kier molecular flexibility index (Phi) is 4.14. The molecule has 3 rings (SSSR count). The molecule has 1 atom stereocenters. The highest BCUT2D eigenvalue weighted by Gasteiger charge is 2.20. The molecule has 2 heterocycles. The molecule has 8 heteroatoms. The second-order valence-corrected chi connectivity index (χ2v) is 5.18. The molecule has 0 amide bonds. The number of aliphatic imine (C=N–C) groups is 1. The monoisotopic (exact) mass is 333 g/mol. The third kappa shape index (κ3) is 3.25. The number of nitrogens with zero attached hydrogens (tertiary/aromatic N) is 2. The zero-order chi connectivity index (χ0) is 16.4. The molecular weight excluding hydrogens is 322 g/mol. The lowest BCUT2D eigenvalue weighted by molar-refractivity contribution is 0.0696. The lowest BCUT2D eigenvalue weighted by atomic mass is 10.1. The number of aliphatic hydroxyl groups is 1. The van der Waals surface area contributed by atoms with Gasteiger partial charge in [0.1, 0.15) is 18.2 Å². The van der Waals surface area contributed by atoms with E-state index < -0.39 is 12.2 Å². The number of ether oxygens (including phenoxy) is 1. The van der Waals surface area contributed by atoms with Crippen LogP contribution in [0.5, 0.6) is 5.75 Å². The molecule has 1 aromatic carbocycles. The fourth-order valence-corrected chi connectivity index (χ4v) is 2.32. The van der Waals surface area contributed by atoms with E-state index in [-0.39, 0.29) is 17.2 Å². The van der Waals surface area contributed by atoms with Crippen LogP contribution < -0.4 is 10.1 Å². The number of benzene rings is 1. The number of aromatic nitrogens is 1. The Morgan fingerprint density at radius 1 is 1.39 bits per heavy atom. The number of hydrogen-bond donors (Lipinski definition) is 3. The molecule has 1 aromatic heterocycles. The van der Waals surface area contributed by atoms with Gasteiger partial charge in [-0.1, -0.05) is 11.6 Å². The van der Waals surface area contributed by atoms with Crippen LogP contribution in [0, 0.1) is 0 Å². The lowest BCUT2D eigenvalue weighted by Crippen LogP contribution is -2.35.